The van der Waals surface area contributed by atoms with Crippen LogP contribution in [-0.4, -0.2) is 33.8 Å². The molecular formula is C24H32ClNO3. The number of hydrogen-bond donors (Lipinski definition) is 0. The van der Waals surface area contributed by atoms with Crippen LogP contribution in [0.25, 0.3) is 12.2 Å². The van der Waals surface area contributed by atoms with Gasteiger partial charge in [0.15, 0.2) is 0 Å². The summed E-state index contributed by atoms with van der Waals surface area (Å²) in [6, 6.07) is 0. The molecule has 0 aromatic carbocycles. The van der Waals surface area contributed by atoms with Gasteiger partial charge < -0.3 is 4.74 Å². The lowest BCUT2D eigenvalue weighted by atomic mass is 9.94. The van der Waals surface area contributed by atoms with Crippen molar-refractivity contribution >= 4 is 35.4 Å². The van der Waals surface area contributed by atoms with Crippen molar-refractivity contribution in [1.29, 1.82) is 0 Å². The van der Waals surface area contributed by atoms with Gasteiger partial charge in [-0.05, 0) is 45.8 Å². The number of ether oxygens (including phenoxy) is 1. The number of halogens is 1. The summed E-state index contributed by atoms with van der Waals surface area (Å²) in [4.78, 5) is 24.7. The van der Waals surface area contributed by atoms with E-state index >= 15 is 0 Å². The number of Topliss-reactive ketones (excluding diaryl/α,β-unsaturated/α-hetero) is 1. The van der Waals surface area contributed by atoms with Crippen LogP contribution in [0.1, 0.15) is 63.5 Å². The molecule has 0 saturated heterocycles. The van der Waals surface area contributed by atoms with Gasteiger partial charge in [0, 0.05) is 36.4 Å². The van der Waals surface area contributed by atoms with Gasteiger partial charge in [-0.15, -0.1) is 11.6 Å². The molecule has 0 N–H and O–H groups in total. The van der Waals surface area contributed by atoms with Crippen molar-refractivity contribution in [3.8, 4) is 0 Å². The number of nitrogens with zero attached hydrogens (tertiary/aromatic N) is 1. The van der Waals surface area contributed by atoms with E-state index in [4.69, 9.17) is 16.3 Å². The zero-order chi connectivity index (χ0) is 22.0. The first-order chi connectivity index (χ1) is 13.6. The van der Waals surface area contributed by atoms with Gasteiger partial charge in [0.05, 0.1) is 15.8 Å². The Hall–Kier alpha value is -1.91. The molecule has 2 atom stereocenters. The number of hydrogen-bond acceptors (Lipinski definition) is 3. The first kappa shape index (κ1) is 23.4. The van der Waals surface area contributed by atoms with Gasteiger partial charge in [-0.3, -0.25) is 14.2 Å². The van der Waals surface area contributed by atoms with E-state index in [1.807, 2.05) is 58.9 Å². The zero-order valence-corrected chi connectivity index (χ0v) is 19.3. The smallest absolute Gasteiger partial charge is 0.262 e. The minimum Gasteiger partial charge on any atom is -0.374 e. The van der Waals surface area contributed by atoms with Crippen LogP contribution >= 0.6 is 11.6 Å². The molecule has 1 aromatic heterocycles. The van der Waals surface area contributed by atoms with Crippen LogP contribution in [0.2, 0.25) is 0 Å². The summed E-state index contributed by atoms with van der Waals surface area (Å²) in [7, 11) is 1.68. The Labute approximate surface area is 178 Å². The number of allylic oxidation sites excluding steroid dienone is 4. The highest BCUT2D eigenvalue weighted by molar-refractivity contribution is 6.25. The third kappa shape index (κ3) is 4.81. The molecule has 0 spiro atoms. The second-order valence-corrected chi connectivity index (χ2v) is 8.79. The summed E-state index contributed by atoms with van der Waals surface area (Å²) in [6.45, 7) is 11.4. The van der Waals surface area contributed by atoms with Crippen molar-refractivity contribution in [2.24, 2.45) is 0 Å². The number of carbonyl (C=O) groups excluding carboxylic acids is 2. The molecule has 0 bridgehead atoms. The van der Waals surface area contributed by atoms with Crippen molar-refractivity contribution in [3.63, 3.8) is 0 Å². The molecule has 158 valence electrons. The predicted octanol–water partition coefficient (Wildman–Crippen LogP) is 3.85. The average Bonchev–Trinajstić information content (AvgIpc) is 2.93. The van der Waals surface area contributed by atoms with E-state index in [0.717, 1.165) is 21.8 Å². The van der Waals surface area contributed by atoms with Crippen LogP contribution in [0.4, 0.5) is 0 Å². The lowest BCUT2D eigenvalue weighted by molar-refractivity contribution is -0.116. The number of aromatic nitrogens is 1. The second-order valence-electron chi connectivity index (χ2n) is 7.93. The molecular weight excluding hydrogens is 386 g/mol. The number of alkyl halides is 1. The third-order valence-electron chi connectivity index (χ3n) is 5.44. The van der Waals surface area contributed by atoms with Crippen molar-refractivity contribution in [2.45, 2.75) is 71.3 Å². The highest BCUT2D eigenvalue weighted by Gasteiger charge is 2.28. The van der Waals surface area contributed by atoms with Gasteiger partial charge in [0.1, 0.15) is 5.78 Å². The Balaban J connectivity index is 0.00000145. The Morgan fingerprint density at radius 1 is 1.21 bits per heavy atom. The number of methoxy groups -OCH3 is 1. The van der Waals surface area contributed by atoms with Gasteiger partial charge in [-0.25, -0.2) is 0 Å². The van der Waals surface area contributed by atoms with E-state index in [1.54, 1.807) is 24.7 Å². The summed E-state index contributed by atoms with van der Waals surface area (Å²) < 4.78 is 7.37. The average molecular weight is 418 g/mol. The van der Waals surface area contributed by atoms with Crippen molar-refractivity contribution in [3.05, 3.63) is 45.6 Å². The van der Waals surface area contributed by atoms with Crippen molar-refractivity contribution in [2.75, 3.05) is 7.11 Å². The molecule has 0 saturated carbocycles. The van der Waals surface area contributed by atoms with Crippen molar-refractivity contribution in [1.82, 2.24) is 4.57 Å². The lowest BCUT2D eigenvalue weighted by Crippen LogP contribution is -2.42. The predicted molar refractivity (Wildman–Crippen MR) is 120 cm³/mol. The SMILES string of the molecule is CC.COC1(C)C=c2c(CC(C)=O)c(C)n(C(=O)C3=CCC(C)(Cl)C=C3)c2=CC1. The van der Waals surface area contributed by atoms with E-state index in [0.29, 0.717) is 24.8 Å². The third-order valence-corrected chi connectivity index (χ3v) is 5.72. The highest BCUT2D eigenvalue weighted by atomic mass is 35.5. The summed E-state index contributed by atoms with van der Waals surface area (Å²) in [5, 5.41) is 1.77. The molecule has 0 aliphatic heterocycles. The number of rotatable bonds is 4. The Bertz CT molecular complexity index is 994. The maximum atomic E-state index is 13.3. The molecule has 0 amide bonds. The summed E-state index contributed by atoms with van der Waals surface area (Å²) in [5.41, 5.74) is 1.89. The molecule has 3 rings (SSSR count). The molecule has 4 nitrogen and oxygen atoms in total. The zero-order valence-electron chi connectivity index (χ0n) is 18.6. The van der Waals surface area contributed by atoms with Crippen LogP contribution < -0.4 is 10.6 Å². The summed E-state index contributed by atoms with van der Waals surface area (Å²) in [6.07, 6.45) is 11.2. The molecule has 5 heteroatoms. The van der Waals surface area contributed by atoms with Gasteiger partial charge in [0.2, 0.25) is 0 Å². The standard InChI is InChI=1S/C22H26ClNO3.C2H6/c1-14(25)12-17-15(2)24(19-8-11-22(4,27-5)13-18(17)19)20(26)16-6-9-21(3,23)10-7-16;1-2/h6-9,13H,10-12H2,1-5H3;1-2H3. The van der Waals surface area contributed by atoms with Crippen LogP contribution in [0.3, 0.4) is 0 Å². The van der Waals surface area contributed by atoms with E-state index < -0.39 is 10.5 Å². The highest BCUT2D eigenvalue weighted by Crippen LogP contribution is 2.28. The Morgan fingerprint density at radius 2 is 1.86 bits per heavy atom. The number of carbonyl (C=O) groups is 2. The van der Waals surface area contributed by atoms with Crippen molar-refractivity contribution < 1.29 is 14.3 Å². The normalized spacial score (nSPS) is 25.0. The van der Waals surface area contributed by atoms with Gasteiger partial charge >= 0.3 is 0 Å². The van der Waals surface area contributed by atoms with E-state index in [9.17, 15) is 9.59 Å². The molecule has 2 unspecified atom stereocenters. The van der Waals surface area contributed by atoms with Gasteiger partial charge in [0.25, 0.3) is 5.91 Å². The molecule has 2 aliphatic rings. The van der Waals surface area contributed by atoms with E-state index in [2.05, 4.69) is 0 Å². The first-order valence-corrected chi connectivity index (χ1v) is 10.6. The fraction of sp³-hybridized carbons (Fsp3) is 0.500. The van der Waals surface area contributed by atoms with Crippen LogP contribution in [0, 0.1) is 6.92 Å². The molecule has 29 heavy (non-hydrogen) atoms. The molecule has 0 fully saturated rings. The Morgan fingerprint density at radius 3 is 2.38 bits per heavy atom. The maximum absolute atomic E-state index is 13.3. The second kappa shape index (κ2) is 8.85. The number of ketones is 1. The quantitative estimate of drug-likeness (QED) is 0.699. The minimum atomic E-state index is -0.449. The molecule has 1 heterocycles. The van der Waals surface area contributed by atoms with Gasteiger partial charge in [-0.2, -0.15) is 0 Å². The fourth-order valence-corrected chi connectivity index (χ4v) is 3.82. The van der Waals surface area contributed by atoms with E-state index in [-0.39, 0.29) is 11.7 Å². The molecule has 0 radical (unpaired) electrons. The fourth-order valence-electron chi connectivity index (χ4n) is 3.68. The van der Waals surface area contributed by atoms with Crippen LogP contribution in [0.15, 0.2) is 23.8 Å². The Kier molecular flexibility index (Phi) is 7.13. The molecule has 2 aliphatic carbocycles. The first-order valence-electron chi connectivity index (χ1n) is 10.2. The monoisotopic (exact) mass is 417 g/mol. The summed E-state index contributed by atoms with van der Waals surface area (Å²) in [5.74, 6) is -0.0223. The maximum Gasteiger partial charge on any atom is 0.262 e. The van der Waals surface area contributed by atoms with Gasteiger partial charge in [-0.1, -0.05) is 38.2 Å². The lowest BCUT2D eigenvalue weighted by Gasteiger charge is -2.25. The van der Waals surface area contributed by atoms with Crippen LogP contribution in [-0.2, 0) is 16.0 Å². The molecule has 1 aromatic rings. The van der Waals surface area contributed by atoms with E-state index in [1.165, 1.54) is 0 Å². The topological polar surface area (TPSA) is 48.3 Å². The number of fused-ring (bicyclic) bond motifs is 1. The minimum absolute atomic E-state index is 0.0678. The van der Waals surface area contributed by atoms with Crippen LogP contribution in [0.5, 0.6) is 0 Å². The summed E-state index contributed by atoms with van der Waals surface area (Å²) >= 11 is 6.33. The largest absolute Gasteiger partial charge is 0.374 e.